The summed E-state index contributed by atoms with van der Waals surface area (Å²) in [5.41, 5.74) is 1.26. The van der Waals surface area contributed by atoms with Crippen LogP contribution in [0.1, 0.15) is 5.56 Å². The van der Waals surface area contributed by atoms with Gasteiger partial charge in [-0.25, -0.2) is 9.59 Å². The molecule has 0 amide bonds. The van der Waals surface area contributed by atoms with Crippen LogP contribution in [0.5, 0.6) is 11.5 Å². The van der Waals surface area contributed by atoms with Crippen LogP contribution in [0.15, 0.2) is 95.7 Å². The van der Waals surface area contributed by atoms with Crippen molar-refractivity contribution in [3.63, 3.8) is 0 Å². The molecule has 0 aliphatic carbocycles. The fraction of sp³-hybridized carbons (Fsp3) is 0.0769. The molecule has 6 nitrogen and oxygen atoms in total. The molecule has 0 fully saturated rings. The predicted octanol–water partition coefficient (Wildman–Crippen LogP) is 5.92. The van der Waals surface area contributed by atoms with Gasteiger partial charge in [0, 0.05) is 38.5 Å². The van der Waals surface area contributed by atoms with E-state index in [4.69, 9.17) is 18.3 Å². The van der Waals surface area contributed by atoms with Crippen LogP contribution >= 0.6 is 15.9 Å². The predicted molar refractivity (Wildman–Crippen MR) is 129 cm³/mol. The van der Waals surface area contributed by atoms with Gasteiger partial charge in [0.15, 0.2) is 0 Å². The fourth-order valence-electron chi connectivity index (χ4n) is 3.72. The van der Waals surface area contributed by atoms with Gasteiger partial charge >= 0.3 is 11.3 Å². The van der Waals surface area contributed by atoms with Gasteiger partial charge in [0.2, 0.25) is 0 Å². The summed E-state index contributed by atoms with van der Waals surface area (Å²) >= 11 is 3.43. The molecular formula is C26H17BrO6. The minimum absolute atomic E-state index is 0.279. The maximum Gasteiger partial charge on any atom is 0.344 e. The van der Waals surface area contributed by atoms with Gasteiger partial charge in [0.05, 0.1) is 12.7 Å². The lowest BCUT2D eigenvalue weighted by atomic mass is 10.0. The minimum atomic E-state index is -0.576. The van der Waals surface area contributed by atoms with Crippen LogP contribution in [0.25, 0.3) is 33.1 Å². The van der Waals surface area contributed by atoms with E-state index in [2.05, 4.69) is 15.9 Å². The van der Waals surface area contributed by atoms with Crippen molar-refractivity contribution in [1.82, 2.24) is 0 Å². The second-order valence-corrected chi connectivity index (χ2v) is 8.28. The molecular weight excluding hydrogens is 488 g/mol. The second kappa shape index (κ2) is 8.60. The summed E-state index contributed by atoms with van der Waals surface area (Å²) in [7, 11) is 1.60. The number of benzene rings is 3. The summed E-state index contributed by atoms with van der Waals surface area (Å²) in [4.78, 5) is 25.0. The molecule has 0 atom stereocenters. The number of halogens is 1. The highest BCUT2D eigenvalue weighted by Crippen LogP contribution is 2.31. The maximum absolute atomic E-state index is 12.7. The summed E-state index contributed by atoms with van der Waals surface area (Å²) in [5.74, 6) is 1.24. The number of ether oxygens (including phenoxy) is 2. The van der Waals surface area contributed by atoms with E-state index < -0.39 is 11.3 Å². The fourth-order valence-corrected chi connectivity index (χ4v) is 4.10. The molecule has 164 valence electrons. The van der Waals surface area contributed by atoms with E-state index >= 15 is 0 Å². The van der Waals surface area contributed by atoms with Gasteiger partial charge in [0.25, 0.3) is 0 Å². The van der Waals surface area contributed by atoms with Crippen LogP contribution in [0.2, 0.25) is 0 Å². The van der Waals surface area contributed by atoms with E-state index in [1.165, 1.54) is 6.07 Å². The molecule has 5 aromatic rings. The van der Waals surface area contributed by atoms with Crippen LogP contribution < -0.4 is 20.7 Å². The van der Waals surface area contributed by atoms with E-state index in [9.17, 15) is 9.59 Å². The van der Waals surface area contributed by atoms with Gasteiger partial charge < -0.3 is 18.3 Å². The van der Waals surface area contributed by atoms with E-state index in [-0.39, 0.29) is 12.2 Å². The zero-order valence-electron chi connectivity index (χ0n) is 17.5. The van der Waals surface area contributed by atoms with Gasteiger partial charge in [-0.2, -0.15) is 0 Å². The molecule has 0 saturated heterocycles. The highest BCUT2D eigenvalue weighted by Gasteiger charge is 2.15. The Balaban J connectivity index is 1.56. The van der Waals surface area contributed by atoms with Crippen LogP contribution in [0.3, 0.4) is 0 Å². The van der Waals surface area contributed by atoms with Crippen molar-refractivity contribution < 1.29 is 18.3 Å². The average molecular weight is 505 g/mol. The Hall–Kier alpha value is -3.84. The van der Waals surface area contributed by atoms with Gasteiger partial charge in [-0.1, -0.05) is 34.1 Å². The molecule has 2 aromatic heterocycles. The lowest BCUT2D eigenvalue weighted by Gasteiger charge is -2.11. The Labute approximate surface area is 196 Å². The first kappa shape index (κ1) is 21.0. The van der Waals surface area contributed by atoms with Crippen molar-refractivity contribution in [2.24, 2.45) is 0 Å². The lowest BCUT2D eigenvalue weighted by Crippen LogP contribution is -2.06. The zero-order chi connectivity index (χ0) is 22.9. The first-order chi connectivity index (χ1) is 16.0. The third kappa shape index (κ3) is 4.15. The normalized spacial score (nSPS) is 11.1. The Morgan fingerprint density at radius 2 is 1.70 bits per heavy atom. The highest BCUT2D eigenvalue weighted by atomic mass is 79.9. The van der Waals surface area contributed by atoms with E-state index in [1.807, 2.05) is 30.3 Å². The van der Waals surface area contributed by atoms with Crippen LogP contribution in [0.4, 0.5) is 0 Å². The summed E-state index contributed by atoms with van der Waals surface area (Å²) < 4.78 is 23.0. The zero-order valence-corrected chi connectivity index (χ0v) is 19.0. The maximum atomic E-state index is 12.7. The molecule has 2 heterocycles. The molecule has 0 radical (unpaired) electrons. The molecule has 7 heteroatoms. The topological polar surface area (TPSA) is 78.9 Å². The molecule has 0 N–H and O–H groups in total. The number of para-hydroxylation sites is 1. The number of rotatable bonds is 5. The van der Waals surface area contributed by atoms with Crippen molar-refractivity contribution in [2.75, 3.05) is 7.11 Å². The van der Waals surface area contributed by atoms with Crippen molar-refractivity contribution in [2.45, 2.75) is 6.61 Å². The monoisotopic (exact) mass is 504 g/mol. The van der Waals surface area contributed by atoms with Crippen LogP contribution in [0, 0.1) is 0 Å². The largest absolute Gasteiger partial charge is 0.496 e. The number of hydrogen-bond acceptors (Lipinski definition) is 6. The van der Waals surface area contributed by atoms with Gasteiger partial charge in [-0.15, -0.1) is 0 Å². The van der Waals surface area contributed by atoms with Gasteiger partial charge in [0.1, 0.15) is 29.3 Å². The number of methoxy groups -OCH3 is 1. The van der Waals surface area contributed by atoms with E-state index in [1.54, 1.807) is 43.5 Å². The molecule has 33 heavy (non-hydrogen) atoms. The minimum Gasteiger partial charge on any atom is -0.496 e. The Morgan fingerprint density at radius 3 is 2.55 bits per heavy atom. The molecule has 3 aromatic carbocycles. The van der Waals surface area contributed by atoms with Crippen LogP contribution in [-0.2, 0) is 6.61 Å². The van der Waals surface area contributed by atoms with Crippen molar-refractivity contribution >= 4 is 37.9 Å². The summed E-state index contributed by atoms with van der Waals surface area (Å²) in [6.07, 6.45) is 0. The molecule has 0 saturated carbocycles. The SMILES string of the molecule is COc1ccccc1COc1ccc2c(-c3cc4cc(Br)ccc4oc3=O)cc(=O)oc2c1. The molecule has 5 rings (SSSR count). The first-order valence-corrected chi connectivity index (χ1v) is 10.9. The Kier molecular flexibility index (Phi) is 5.48. The quantitative estimate of drug-likeness (QED) is 0.276. The third-order valence-corrected chi connectivity index (χ3v) is 5.78. The van der Waals surface area contributed by atoms with Gasteiger partial charge in [-0.3, -0.25) is 0 Å². The summed E-state index contributed by atoms with van der Waals surface area (Å²) in [6, 6.07) is 21.1. The van der Waals surface area contributed by atoms with Crippen LogP contribution in [-0.4, -0.2) is 7.11 Å². The standard InChI is InChI=1S/C26H17BrO6/c1-30-22-5-3-2-4-15(22)14-31-18-7-8-19-20(13-25(28)32-24(19)12-18)21-11-16-10-17(27)6-9-23(16)33-26(21)29/h2-13H,14H2,1H3. The Bertz CT molecular complexity index is 1620. The average Bonchev–Trinajstić information content (AvgIpc) is 2.82. The molecule has 0 aliphatic heterocycles. The molecule has 0 spiro atoms. The lowest BCUT2D eigenvalue weighted by molar-refractivity contribution is 0.296. The number of fused-ring (bicyclic) bond motifs is 2. The summed E-state index contributed by atoms with van der Waals surface area (Å²) in [6.45, 7) is 0.280. The van der Waals surface area contributed by atoms with E-state index in [0.717, 1.165) is 21.2 Å². The second-order valence-electron chi connectivity index (χ2n) is 7.37. The number of hydrogen-bond donors (Lipinski definition) is 0. The highest BCUT2D eigenvalue weighted by molar-refractivity contribution is 9.10. The van der Waals surface area contributed by atoms with Crippen molar-refractivity contribution in [3.8, 4) is 22.6 Å². The summed E-state index contributed by atoms with van der Waals surface area (Å²) in [5, 5.41) is 1.33. The third-order valence-electron chi connectivity index (χ3n) is 5.29. The van der Waals surface area contributed by atoms with Crippen molar-refractivity contribution in [3.05, 3.63) is 104 Å². The molecule has 0 bridgehead atoms. The molecule has 0 unspecified atom stereocenters. The van der Waals surface area contributed by atoms with Crippen molar-refractivity contribution in [1.29, 1.82) is 0 Å². The molecule has 0 aliphatic rings. The van der Waals surface area contributed by atoms with E-state index in [0.29, 0.717) is 27.9 Å². The first-order valence-electron chi connectivity index (χ1n) is 10.1. The smallest absolute Gasteiger partial charge is 0.344 e. The van der Waals surface area contributed by atoms with Gasteiger partial charge in [-0.05, 0) is 42.5 Å². The Morgan fingerprint density at radius 1 is 0.848 bits per heavy atom.